The van der Waals surface area contributed by atoms with Crippen LogP contribution >= 0.6 is 11.6 Å². The van der Waals surface area contributed by atoms with E-state index in [1.807, 2.05) is 18.2 Å². The van der Waals surface area contributed by atoms with Crippen molar-refractivity contribution in [1.29, 1.82) is 5.26 Å². The molecule has 1 aromatic heterocycles. The first-order valence-electron chi connectivity index (χ1n) is 6.65. The Kier molecular flexibility index (Phi) is 5.42. The molecule has 5 heteroatoms. The number of hydrogen-bond donors (Lipinski definition) is 0. The van der Waals surface area contributed by atoms with Crippen LogP contribution in [0, 0.1) is 11.3 Å². The number of rotatable bonds is 6. The van der Waals surface area contributed by atoms with Crippen LogP contribution in [-0.4, -0.2) is 4.57 Å². The van der Waals surface area contributed by atoms with Gasteiger partial charge in [-0.1, -0.05) is 29.8 Å². The Morgan fingerprint density at radius 1 is 1.24 bits per heavy atom. The molecule has 0 aliphatic carbocycles. The second kappa shape index (κ2) is 7.51. The van der Waals surface area contributed by atoms with E-state index < -0.39 is 0 Å². The lowest BCUT2D eigenvalue weighted by molar-refractivity contribution is 0.299. The van der Waals surface area contributed by atoms with Gasteiger partial charge in [0.25, 0.3) is 5.56 Å². The zero-order chi connectivity index (χ0) is 15.1. The van der Waals surface area contributed by atoms with Crippen molar-refractivity contribution in [2.45, 2.75) is 26.0 Å². The van der Waals surface area contributed by atoms with E-state index in [1.54, 1.807) is 29.0 Å². The normalized spacial score (nSPS) is 10.1. The molecule has 0 amide bonds. The van der Waals surface area contributed by atoms with Crippen LogP contribution in [0.15, 0.2) is 47.4 Å². The van der Waals surface area contributed by atoms with Crippen molar-refractivity contribution >= 4 is 11.6 Å². The number of aryl methyl sites for hydroxylation is 1. The van der Waals surface area contributed by atoms with E-state index in [2.05, 4.69) is 6.07 Å². The van der Waals surface area contributed by atoms with Crippen LogP contribution in [0.25, 0.3) is 0 Å². The summed E-state index contributed by atoms with van der Waals surface area (Å²) in [6.45, 7) is 0.757. The van der Waals surface area contributed by atoms with Gasteiger partial charge in [-0.2, -0.15) is 5.26 Å². The van der Waals surface area contributed by atoms with Crippen LogP contribution in [0.5, 0.6) is 5.75 Å². The van der Waals surface area contributed by atoms with Gasteiger partial charge in [0.15, 0.2) is 5.75 Å². The fourth-order valence-corrected chi connectivity index (χ4v) is 2.09. The highest BCUT2D eigenvalue weighted by Gasteiger charge is 2.06. The molecule has 4 nitrogen and oxygen atoms in total. The molecule has 0 aliphatic heterocycles. The van der Waals surface area contributed by atoms with E-state index in [4.69, 9.17) is 21.6 Å². The number of halogens is 1. The molecule has 0 spiro atoms. The van der Waals surface area contributed by atoms with Gasteiger partial charge in [-0.3, -0.25) is 4.79 Å². The predicted octanol–water partition coefficient (Wildman–Crippen LogP) is 3.38. The second-order valence-corrected chi connectivity index (χ2v) is 4.92. The van der Waals surface area contributed by atoms with Gasteiger partial charge in [0.2, 0.25) is 0 Å². The van der Waals surface area contributed by atoms with Crippen LogP contribution in [0.1, 0.15) is 18.4 Å². The molecule has 0 N–H and O–H groups in total. The maximum atomic E-state index is 12.2. The first-order chi connectivity index (χ1) is 10.2. The minimum Gasteiger partial charge on any atom is -0.483 e. The largest absolute Gasteiger partial charge is 0.483 e. The summed E-state index contributed by atoms with van der Waals surface area (Å²) in [5.41, 5.74) is 0.640. The number of benzene rings is 1. The van der Waals surface area contributed by atoms with Crippen molar-refractivity contribution in [1.82, 2.24) is 4.57 Å². The van der Waals surface area contributed by atoms with Crippen LogP contribution in [-0.2, 0) is 13.2 Å². The van der Waals surface area contributed by atoms with Gasteiger partial charge in [0.1, 0.15) is 6.61 Å². The van der Waals surface area contributed by atoms with Crippen molar-refractivity contribution in [3.8, 4) is 11.8 Å². The molecule has 108 valence electrons. The summed E-state index contributed by atoms with van der Waals surface area (Å²) in [5.74, 6) is 0.286. The van der Waals surface area contributed by atoms with Crippen LogP contribution < -0.4 is 10.3 Å². The van der Waals surface area contributed by atoms with Gasteiger partial charge in [-0.05, 0) is 24.6 Å². The number of aromatic nitrogens is 1. The summed E-state index contributed by atoms with van der Waals surface area (Å²) in [6.07, 6.45) is 2.77. The third-order valence-corrected chi connectivity index (χ3v) is 3.38. The smallest absolute Gasteiger partial charge is 0.292 e. The van der Waals surface area contributed by atoms with Gasteiger partial charge in [-0.25, -0.2) is 0 Å². The van der Waals surface area contributed by atoms with Crippen LogP contribution in [0.4, 0.5) is 0 Å². The Balaban J connectivity index is 2.07. The number of pyridine rings is 1. The first kappa shape index (κ1) is 15.1. The van der Waals surface area contributed by atoms with Crippen molar-refractivity contribution in [2.24, 2.45) is 0 Å². The summed E-state index contributed by atoms with van der Waals surface area (Å²) in [7, 11) is 0. The van der Waals surface area contributed by atoms with E-state index >= 15 is 0 Å². The number of hydrogen-bond acceptors (Lipinski definition) is 3. The van der Waals surface area contributed by atoms with Crippen LogP contribution in [0.3, 0.4) is 0 Å². The summed E-state index contributed by atoms with van der Waals surface area (Å²) in [6, 6.07) is 12.8. The molecule has 0 atom stereocenters. The fraction of sp³-hybridized carbons (Fsp3) is 0.250. The van der Waals surface area contributed by atoms with E-state index in [0.717, 1.165) is 5.56 Å². The summed E-state index contributed by atoms with van der Waals surface area (Å²) < 4.78 is 7.12. The van der Waals surface area contributed by atoms with E-state index in [9.17, 15) is 4.79 Å². The third-order valence-electron chi connectivity index (χ3n) is 3.01. The number of unbranched alkanes of at least 4 members (excludes halogenated alkanes) is 1. The highest BCUT2D eigenvalue weighted by molar-refractivity contribution is 6.31. The first-order valence-corrected chi connectivity index (χ1v) is 7.03. The lowest BCUT2D eigenvalue weighted by Gasteiger charge is -2.09. The lowest BCUT2D eigenvalue weighted by atomic mass is 10.2. The van der Waals surface area contributed by atoms with Gasteiger partial charge in [0.05, 0.1) is 6.07 Å². The maximum absolute atomic E-state index is 12.2. The van der Waals surface area contributed by atoms with Gasteiger partial charge >= 0.3 is 0 Å². The molecular weight excluding hydrogens is 288 g/mol. The zero-order valence-electron chi connectivity index (χ0n) is 11.5. The summed E-state index contributed by atoms with van der Waals surface area (Å²) >= 11 is 6.05. The van der Waals surface area contributed by atoms with Gasteiger partial charge in [0, 0.05) is 29.7 Å². The number of nitrogens with zero attached hydrogens (tertiary/aromatic N) is 2. The average Bonchev–Trinajstić information content (AvgIpc) is 2.49. The minimum absolute atomic E-state index is 0.192. The Labute approximate surface area is 128 Å². The molecule has 0 saturated heterocycles. The Bertz CT molecular complexity index is 704. The van der Waals surface area contributed by atoms with Crippen molar-refractivity contribution in [3.63, 3.8) is 0 Å². The van der Waals surface area contributed by atoms with Gasteiger partial charge in [-0.15, -0.1) is 0 Å². The molecule has 0 radical (unpaired) electrons. The standard InChI is InChI=1S/C16H15ClN2O2/c17-14-7-2-1-6-13(14)12-21-15-8-5-11-19(16(15)20)10-4-3-9-18/h1-2,5-8,11H,3-4,10,12H2. The molecule has 2 rings (SSSR count). The van der Waals surface area contributed by atoms with Crippen molar-refractivity contribution in [3.05, 3.63) is 63.5 Å². The van der Waals surface area contributed by atoms with E-state index in [-0.39, 0.29) is 17.9 Å². The van der Waals surface area contributed by atoms with E-state index in [1.165, 1.54) is 0 Å². The molecule has 21 heavy (non-hydrogen) atoms. The lowest BCUT2D eigenvalue weighted by Crippen LogP contribution is -2.21. The molecule has 1 aromatic carbocycles. The molecule has 1 heterocycles. The monoisotopic (exact) mass is 302 g/mol. The van der Waals surface area contributed by atoms with Crippen molar-refractivity contribution < 1.29 is 4.74 Å². The second-order valence-electron chi connectivity index (χ2n) is 4.51. The molecule has 2 aromatic rings. The highest BCUT2D eigenvalue weighted by atomic mass is 35.5. The molecule has 0 fully saturated rings. The zero-order valence-corrected chi connectivity index (χ0v) is 12.2. The third kappa shape index (κ3) is 4.11. The molecule has 0 unspecified atom stereocenters. The average molecular weight is 303 g/mol. The SMILES string of the molecule is N#CCCCn1cccc(OCc2ccccc2Cl)c1=O. The van der Waals surface area contributed by atoms with Crippen LogP contribution in [0.2, 0.25) is 5.02 Å². The van der Waals surface area contributed by atoms with Gasteiger partial charge < -0.3 is 9.30 Å². The fourth-order valence-electron chi connectivity index (χ4n) is 1.90. The minimum atomic E-state index is -0.192. The maximum Gasteiger partial charge on any atom is 0.292 e. The van der Waals surface area contributed by atoms with E-state index in [0.29, 0.717) is 24.4 Å². The Morgan fingerprint density at radius 2 is 2.05 bits per heavy atom. The summed E-state index contributed by atoms with van der Waals surface area (Å²) in [4.78, 5) is 12.2. The molecular formula is C16H15ClN2O2. The quantitative estimate of drug-likeness (QED) is 0.769. The molecule has 0 saturated carbocycles. The Hall–Kier alpha value is -2.25. The summed E-state index contributed by atoms with van der Waals surface area (Å²) in [5, 5.41) is 9.14. The molecule has 0 bridgehead atoms. The number of ether oxygens (including phenoxy) is 1. The predicted molar refractivity (Wildman–Crippen MR) is 81.3 cm³/mol. The van der Waals surface area contributed by atoms with Crippen molar-refractivity contribution in [2.75, 3.05) is 0 Å². The number of nitriles is 1. The highest BCUT2D eigenvalue weighted by Crippen LogP contribution is 2.16. The Morgan fingerprint density at radius 3 is 2.81 bits per heavy atom. The molecule has 0 aliphatic rings. The topological polar surface area (TPSA) is 55.0 Å².